The third kappa shape index (κ3) is 2.93. The monoisotopic (exact) mass is 266 g/mol. The van der Waals surface area contributed by atoms with Crippen LogP contribution in [0.25, 0.3) is 0 Å². The van der Waals surface area contributed by atoms with Gasteiger partial charge in [0.25, 0.3) is 0 Å². The van der Waals surface area contributed by atoms with Gasteiger partial charge >= 0.3 is 0 Å². The molecule has 20 heavy (non-hydrogen) atoms. The molecule has 1 aromatic carbocycles. The summed E-state index contributed by atoms with van der Waals surface area (Å²) in [4.78, 5) is 11.4. The molecule has 98 valence electrons. The fourth-order valence-electron chi connectivity index (χ4n) is 1.56. The second kappa shape index (κ2) is 6.04. The maximum Gasteiger partial charge on any atom is 0.163 e. The van der Waals surface area contributed by atoms with E-state index in [1.807, 2.05) is 0 Å². The van der Waals surface area contributed by atoms with E-state index in [1.165, 1.54) is 19.1 Å². The van der Waals surface area contributed by atoms with E-state index in [9.17, 15) is 9.90 Å². The van der Waals surface area contributed by atoms with Crippen molar-refractivity contribution in [3.05, 3.63) is 34.5 Å². The number of ketones is 1. The fraction of sp³-hybridized carbons (Fsp3) is 0.143. The molecular weight excluding hydrogens is 256 g/mol. The molecule has 2 N–H and O–H groups in total. The maximum absolute atomic E-state index is 11.4. The van der Waals surface area contributed by atoms with Gasteiger partial charge in [0.15, 0.2) is 11.4 Å². The highest BCUT2D eigenvalue weighted by atomic mass is 16.3. The number of benzene rings is 1. The summed E-state index contributed by atoms with van der Waals surface area (Å²) >= 11 is 0. The van der Waals surface area contributed by atoms with Crippen molar-refractivity contribution in [2.75, 3.05) is 5.32 Å². The molecule has 1 aromatic rings. The van der Waals surface area contributed by atoms with Gasteiger partial charge in [-0.05, 0) is 31.5 Å². The van der Waals surface area contributed by atoms with Gasteiger partial charge in [-0.25, -0.2) is 0 Å². The van der Waals surface area contributed by atoms with E-state index in [0.717, 1.165) is 0 Å². The molecule has 0 saturated heterocycles. The largest absolute Gasteiger partial charge is 0.505 e. The molecule has 0 bridgehead atoms. The zero-order valence-corrected chi connectivity index (χ0v) is 10.9. The number of nitriles is 3. The van der Waals surface area contributed by atoms with Gasteiger partial charge in [0.05, 0.1) is 11.3 Å². The highest BCUT2D eigenvalue weighted by Gasteiger charge is 2.14. The molecule has 0 spiro atoms. The summed E-state index contributed by atoms with van der Waals surface area (Å²) in [6, 6.07) is 7.85. The number of hydrogen-bond donors (Lipinski definition) is 2. The number of phenolic OH excluding ortho intramolecular Hbond substituents is 1. The second-order valence-corrected chi connectivity index (χ2v) is 3.98. The van der Waals surface area contributed by atoms with Crippen molar-refractivity contribution >= 4 is 11.5 Å². The summed E-state index contributed by atoms with van der Waals surface area (Å²) in [7, 11) is 0. The molecule has 1 rings (SSSR count). The zero-order chi connectivity index (χ0) is 15.3. The number of phenols is 1. The number of aryl methyl sites for hydroxylation is 1. The first-order valence-electron chi connectivity index (χ1n) is 5.50. The topological polar surface area (TPSA) is 121 Å². The zero-order valence-electron chi connectivity index (χ0n) is 10.9. The summed E-state index contributed by atoms with van der Waals surface area (Å²) < 4.78 is 0. The van der Waals surface area contributed by atoms with Crippen LogP contribution in [0, 0.1) is 40.9 Å². The molecule has 0 amide bonds. The highest BCUT2D eigenvalue weighted by molar-refractivity contribution is 5.99. The lowest BCUT2D eigenvalue weighted by atomic mass is 10.1. The van der Waals surface area contributed by atoms with E-state index < -0.39 is 5.57 Å². The Morgan fingerprint density at radius 3 is 2.25 bits per heavy atom. The number of nitrogens with zero attached hydrogens (tertiary/aromatic N) is 3. The highest BCUT2D eigenvalue weighted by Crippen LogP contribution is 2.31. The van der Waals surface area contributed by atoms with Crippen LogP contribution in [0.1, 0.15) is 22.8 Å². The Kier molecular flexibility index (Phi) is 4.46. The van der Waals surface area contributed by atoms with Crippen molar-refractivity contribution in [3.63, 3.8) is 0 Å². The molecule has 0 aliphatic carbocycles. The lowest BCUT2D eigenvalue weighted by Crippen LogP contribution is -2.04. The minimum Gasteiger partial charge on any atom is -0.505 e. The first kappa shape index (κ1) is 14.8. The predicted octanol–water partition coefficient (Wildman–Crippen LogP) is 2.14. The van der Waals surface area contributed by atoms with Crippen LogP contribution in [0.15, 0.2) is 23.4 Å². The molecule has 0 saturated carbocycles. The van der Waals surface area contributed by atoms with Crippen molar-refractivity contribution in [1.82, 2.24) is 0 Å². The van der Waals surface area contributed by atoms with Gasteiger partial charge in [-0.15, -0.1) is 0 Å². The lowest BCUT2D eigenvalue weighted by Gasteiger charge is -2.11. The van der Waals surface area contributed by atoms with E-state index >= 15 is 0 Å². The van der Waals surface area contributed by atoms with Gasteiger partial charge < -0.3 is 10.4 Å². The number of nitrogens with one attached hydrogen (secondary N) is 1. The van der Waals surface area contributed by atoms with Crippen LogP contribution in [-0.4, -0.2) is 10.9 Å². The molecule has 6 nitrogen and oxygen atoms in total. The number of allylic oxidation sites excluding steroid dienone is 2. The maximum atomic E-state index is 11.4. The minimum absolute atomic E-state index is 0.0924. The molecule has 0 fully saturated rings. The van der Waals surface area contributed by atoms with Gasteiger partial charge in [-0.2, -0.15) is 15.8 Å². The van der Waals surface area contributed by atoms with Crippen LogP contribution in [0.2, 0.25) is 0 Å². The Hall–Kier alpha value is -3.30. The Labute approximate surface area is 115 Å². The number of rotatable bonds is 3. The second-order valence-electron chi connectivity index (χ2n) is 3.98. The fourth-order valence-corrected chi connectivity index (χ4v) is 1.56. The Bertz CT molecular complexity index is 711. The van der Waals surface area contributed by atoms with E-state index in [4.69, 9.17) is 15.8 Å². The lowest BCUT2D eigenvalue weighted by molar-refractivity contribution is 0.101. The standard InChI is InChI=1S/C14H10N4O2/c1-8-3-11(9(2)19)14(20)12(4-8)18-13(7-17)10(5-15)6-16/h3-4,18,20H,1-2H3. The summed E-state index contributed by atoms with van der Waals surface area (Å²) in [6.07, 6.45) is 0. The number of anilines is 1. The number of Topliss-reactive ketones (excluding diaryl/α,β-unsaturated/α-hetero) is 1. The number of hydrogen-bond acceptors (Lipinski definition) is 6. The number of carbonyl (C=O) groups excluding carboxylic acids is 1. The molecule has 0 heterocycles. The summed E-state index contributed by atoms with van der Waals surface area (Å²) in [5.41, 5.74) is 0.182. The van der Waals surface area contributed by atoms with Crippen LogP contribution in [0.3, 0.4) is 0 Å². The molecule has 0 unspecified atom stereocenters. The van der Waals surface area contributed by atoms with Crippen LogP contribution in [0.5, 0.6) is 5.75 Å². The summed E-state index contributed by atoms with van der Waals surface area (Å²) in [5, 5.41) is 38.9. The average Bonchev–Trinajstić information content (AvgIpc) is 2.41. The smallest absolute Gasteiger partial charge is 0.163 e. The van der Waals surface area contributed by atoms with Gasteiger partial charge in [0.2, 0.25) is 0 Å². The number of carbonyl (C=O) groups is 1. The SMILES string of the molecule is CC(=O)c1cc(C)cc(NC(C#N)=C(C#N)C#N)c1O. The molecule has 0 aliphatic rings. The first-order valence-corrected chi connectivity index (χ1v) is 5.50. The average molecular weight is 266 g/mol. The Balaban J connectivity index is 3.41. The van der Waals surface area contributed by atoms with E-state index in [-0.39, 0.29) is 28.5 Å². The molecular formula is C14H10N4O2. The van der Waals surface area contributed by atoms with Gasteiger partial charge in [0, 0.05) is 0 Å². The van der Waals surface area contributed by atoms with Gasteiger partial charge in [-0.1, -0.05) is 0 Å². The van der Waals surface area contributed by atoms with Crippen LogP contribution in [-0.2, 0) is 0 Å². The summed E-state index contributed by atoms with van der Waals surface area (Å²) in [6.45, 7) is 3.01. The van der Waals surface area contributed by atoms with Crippen LogP contribution >= 0.6 is 0 Å². The minimum atomic E-state index is -0.405. The molecule has 0 radical (unpaired) electrons. The Morgan fingerprint density at radius 1 is 1.20 bits per heavy atom. The van der Waals surface area contributed by atoms with Crippen molar-refractivity contribution < 1.29 is 9.90 Å². The van der Waals surface area contributed by atoms with Gasteiger partial charge in [0.1, 0.15) is 29.7 Å². The molecule has 0 aromatic heterocycles. The van der Waals surface area contributed by atoms with E-state index in [1.54, 1.807) is 25.1 Å². The van der Waals surface area contributed by atoms with E-state index in [2.05, 4.69) is 5.32 Å². The molecule has 0 aliphatic heterocycles. The third-order valence-corrected chi connectivity index (χ3v) is 2.48. The van der Waals surface area contributed by atoms with Crippen molar-refractivity contribution in [1.29, 1.82) is 15.8 Å². The van der Waals surface area contributed by atoms with Crippen molar-refractivity contribution in [2.45, 2.75) is 13.8 Å². The predicted molar refractivity (Wildman–Crippen MR) is 70.3 cm³/mol. The van der Waals surface area contributed by atoms with Gasteiger partial charge in [-0.3, -0.25) is 4.79 Å². The quantitative estimate of drug-likeness (QED) is 0.491. The van der Waals surface area contributed by atoms with Crippen LogP contribution in [0.4, 0.5) is 5.69 Å². The third-order valence-electron chi connectivity index (χ3n) is 2.48. The number of aromatic hydroxyl groups is 1. The van der Waals surface area contributed by atoms with Crippen molar-refractivity contribution in [3.8, 4) is 24.0 Å². The molecule has 0 atom stereocenters. The van der Waals surface area contributed by atoms with Crippen LogP contribution < -0.4 is 5.32 Å². The van der Waals surface area contributed by atoms with E-state index in [0.29, 0.717) is 5.56 Å². The summed E-state index contributed by atoms with van der Waals surface area (Å²) in [5.74, 6) is -0.663. The Morgan fingerprint density at radius 2 is 1.80 bits per heavy atom. The normalized spacial score (nSPS) is 8.75. The van der Waals surface area contributed by atoms with Crippen molar-refractivity contribution in [2.24, 2.45) is 0 Å². The molecule has 6 heteroatoms. The first-order chi connectivity index (χ1) is 9.44.